The Morgan fingerprint density at radius 1 is 1.00 bits per heavy atom. The van der Waals surface area contributed by atoms with E-state index in [2.05, 4.69) is 15.0 Å². The van der Waals surface area contributed by atoms with Crippen molar-refractivity contribution in [1.82, 2.24) is 4.98 Å². The number of aliphatic carboxylic acids is 2. The van der Waals surface area contributed by atoms with Crippen molar-refractivity contribution in [1.29, 1.82) is 0 Å². The van der Waals surface area contributed by atoms with Crippen molar-refractivity contribution in [2.45, 2.75) is 6.17 Å². The normalized spacial score (nSPS) is 15.3. The quantitative estimate of drug-likeness (QED) is 0.771. The van der Waals surface area contributed by atoms with Crippen LogP contribution in [0.3, 0.4) is 0 Å². The van der Waals surface area contributed by atoms with Crippen LogP contribution in [0.2, 0.25) is 0 Å². The lowest BCUT2D eigenvalue weighted by Crippen LogP contribution is -2.27. The first-order chi connectivity index (χ1) is 8.09. The van der Waals surface area contributed by atoms with E-state index in [1.165, 1.54) is 12.4 Å². The minimum Gasteiger partial charge on any atom is -0.476 e. The van der Waals surface area contributed by atoms with Gasteiger partial charge >= 0.3 is 11.9 Å². The second-order valence-corrected chi connectivity index (χ2v) is 3.22. The molecule has 7 heteroatoms. The van der Waals surface area contributed by atoms with Crippen LogP contribution in [-0.4, -0.2) is 38.6 Å². The second-order valence-electron chi connectivity index (χ2n) is 3.22. The number of carboxylic acid groups (broad SMARTS) is 2. The van der Waals surface area contributed by atoms with Gasteiger partial charge in [0, 0.05) is 18.0 Å². The highest BCUT2D eigenvalue weighted by atomic mass is 16.4. The highest BCUT2D eigenvalue weighted by Crippen LogP contribution is 2.23. The Hall–Kier alpha value is -2.57. The number of pyridine rings is 1. The van der Waals surface area contributed by atoms with Gasteiger partial charge in [-0.2, -0.15) is 0 Å². The summed E-state index contributed by atoms with van der Waals surface area (Å²) in [6.07, 6.45) is 2.18. The first-order valence-corrected chi connectivity index (χ1v) is 4.62. The molecule has 0 fully saturated rings. The lowest BCUT2D eigenvalue weighted by atomic mass is 10.2. The molecule has 0 saturated carbocycles. The molecule has 7 nitrogen and oxygen atoms in total. The van der Waals surface area contributed by atoms with E-state index in [9.17, 15) is 9.59 Å². The Bertz CT molecular complexity index is 506. The number of aromatic nitrogens is 1. The maximum Gasteiger partial charge on any atom is 0.356 e. The summed E-state index contributed by atoms with van der Waals surface area (Å²) in [7, 11) is 0. The summed E-state index contributed by atoms with van der Waals surface area (Å²) in [6.45, 7) is 0. The van der Waals surface area contributed by atoms with E-state index in [1.807, 2.05) is 0 Å². The summed E-state index contributed by atoms with van der Waals surface area (Å²) in [4.78, 5) is 32.9. The third kappa shape index (κ3) is 2.03. The van der Waals surface area contributed by atoms with Crippen molar-refractivity contribution in [2.24, 2.45) is 9.98 Å². The molecule has 0 saturated heterocycles. The van der Waals surface area contributed by atoms with Crippen molar-refractivity contribution in [3.05, 3.63) is 30.1 Å². The Balaban J connectivity index is 2.41. The fourth-order valence-electron chi connectivity index (χ4n) is 1.39. The fraction of sp³-hybridized carbons (Fsp3) is 0.100. The van der Waals surface area contributed by atoms with Crippen molar-refractivity contribution >= 4 is 23.4 Å². The summed E-state index contributed by atoms with van der Waals surface area (Å²) in [5.74, 6) is -2.80. The van der Waals surface area contributed by atoms with Crippen LogP contribution in [-0.2, 0) is 9.59 Å². The number of aliphatic imine (C=N–C) groups is 2. The van der Waals surface area contributed by atoms with Gasteiger partial charge in [0.05, 0.1) is 0 Å². The van der Waals surface area contributed by atoms with Gasteiger partial charge in [0.25, 0.3) is 0 Å². The first kappa shape index (κ1) is 10.9. The molecule has 0 unspecified atom stereocenters. The molecule has 0 amide bonds. The van der Waals surface area contributed by atoms with E-state index >= 15 is 0 Å². The minimum absolute atomic E-state index is 0.528. The van der Waals surface area contributed by atoms with Gasteiger partial charge in [0.2, 0.25) is 0 Å². The van der Waals surface area contributed by atoms with Crippen LogP contribution in [0.25, 0.3) is 0 Å². The monoisotopic (exact) mass is 233 g/mol. The zero-order valence-electron chi connectivity index (χ0n) is 8.44. The number of hydrogen-bond acceptors (Lipinski definition) is 5. The molecule has 2 N–H and O–H groups in total. The summed E-state index contributed by atoms with van der Waals surface area (Å²) in [6, 6.07) is 3.20. The lowest BCUT2D eigenvalue weighted by molar-refractivity contribution is -0.131. The lowest BCUT2D eigenvalue weighted by Gasteiger charge is -2.01. The number of rotatable bonds is 3. The number of carboxylic acids is 2. The van der Waals surface area contributed by atoms with Crippen molar-refractivity contribution < 1.29 is 19.8 Å². The third-order valence-electron chi connectivity index (χ3n) is 2.14. The van der Waals surface area contributed by atoms with E-state index in [0.717, 1.165) is 0 Å². The average molecular weight is 233 g/mol. The molecule has 0 atom stereocenters. The molecule has 1 aromatic rings. The van der Waals surface area contributed by atoms with Crippen LogP contribution in [0.4, 0.5) is 0 Å². The molecule has 2 rings (SSSR count). The third-order valence-corrected chi connectivity index (χ3v) is 2.14. The number of nitrogens with zero attached hydrogens (tertiary/aromatic N) is 3. The van der Waals surface area contributed by atoms with Gasteiger partial charge in [-0.1, -0.05) is 0 Å². The molecular formula is C10H7N3O4. The summed E-state index contributed by atoms with van der Waals surface area (Å²) >= 11 is 0. The van der Waals surface area contributed by atoms with E-state index in [0.29, 0.717) is 5.56 Å². The molecule has 86 valence electrons. The highest BCUT2D eigenvalue weighted by Gasteiger charge is 2.31. The van der Waals surface area contributed by atoms with Crippen LogP contribution in [0.5, 0.6) is 0 Å². The molecule has 2 heterocycles. The fourth-order valence-corrected chi connectivity index (χ4v) is 1.39. The van der Waals surface area contributed by atoms with Crippen molar-refractivity contribution in [2.75, 3.05) is 0 Å². The SMILES string of the molecule is O=C(O)C1=NC(c2ccncc2)N=C1C(=O)O. The second kappa shape index (κ2) is 4.12. The molecule has 0 aliphatic carbocycles. The largest absolute Gasteiger partial charge is 0.476 e. The maximum atomic E-state index is 10.8. The molecule has 17 heavy (non-hydrogen) atoms. The molecule has 1 aliphatic rings. The van der Waals surface area contributed by atoms with Crippen LogP contribution >= 0.6 is 0 Å². The molecule has 1 aromatic heterocycles. The summed E-state index contributed by atoms with van der Waals surface area (Å²) < 4.78 is 0. The maximum absolute atomic E-state index is 10.8. The Morgan fingerprint density at radius 2 is 1.47 bits per heavy atom. The predicted molar refractivity (Wildman–Crippen MR) is 57.1 cm³/mol. The van der Waals surface area contributed by atoms with Gasteiger partial charge in [0.15, 0.2) is 17.6 Å². The van der Waals surface area contributed by atoms with Crippen molar-refractivity contribution in [3.63, 3.8) is 0 Å². The number of carbonyl (C=O) groups is 2. The van der Waals surface area contributed by atoms with Crippen LogP contribution in [0, 0.1) is 0 Å². The highest BCUT2D eigenvalue weighted by molar-refractivity contribution is 6.79. The van der Waals surface area contributed by atoms with Crippen LogP contribution in [0.15, 0.2) is 34.5 Å². The molecule has 0 bridgehead atoms. The Kier molecular flexibility index (Phi) is 2.65. The van der Waals surface area contributed by atoms with Crippen LogP contribution < -0.4 is 0 Å². The molecule has 0 spiro atoms. The molecule has 0 aromatic carbocycles. The van der Waals surface area contributed by atoms with E-state index in [1.54, 1.807) is 12.1 Å². The standard InChI is InChI=1S/C10H7N3O4/c14-9(15)6-7(10(16)17)13-8(12-6)5-1-3-11-4-2-5/h1-4,8H,(H,14,15)(H,16,17). The summed E-state index contributed by atoms with van der Waals surface area (Å²) in [5.41, 5.74) is -0.464. The summed E-state index contributed by atoms with van der Waals surface area (Å²) in [5, 5.41) is 17.6. The van der Waals surface area contributed by atoms with Gasteiger partial charge in [-0.3, -0.25) is 4.98 Å². The van der Waals surface area contributed by atoms with Crippen molar-refractivity contribution in [3.8, 4) is 0 Å². The van der Waals surface area contributed by atoms with Gasteiger partial charge < -0.3 is 10.2 Å². The average Bonchev–Trinajstić information content (AvgIpc) is 2.75. The first-order valence-electron chi connectivity index (χ1n) is 4.62. The number of hydrogen-bond donors (Lipinski definition) is 2. The van der Waals surface area contributed by atoms with Gasteiger partial charge in [-0.25, -0.2) is 19.6 Å². The Labute approximate surface area is 95.2 Å². The minimum atomic E-state index is -1.40. The van der Waals surface area contributed by atoms with E-state index < -0.39 is 29.5 Å². The molecule has 0 radical (unpaired) electrons. The topological polar surface area (TPSA) is 112 Å². The van der Waals surface area contributed by atoms with Crippen LogP contribution in [0.1, 0.15) is 11.7 Å². The van der Waals surface area contributed by atoms with Gasteiger partial charge in [0.1, 0.15) is 0 Å². The van der Waals surface area contributed by atoms with E-state index in [-0.39, 0.29) is 0 Å². The van der Waals surface area contributed by atoms with Gasteiger partial charge in [-0.15, -0.1) is 0 Å². The van der Waals surface area contributed by atoms with Gasteiger partial charge in [-0.05, 0) is 12.1 Å². The zero-order valence-corrected chi connectivity index (χ0v) is 8.44. The Morgan fingerprint density at radius 3 is 1.88 bits per heavy atom. The predicted octanol–water partition coefficient (Wildman–Crippen LogP) is 0.145. The zero-order chi connectivity index (χ0) is 12.4. The molecule has 1 aliphatic heterocycles. The smallest absolute Gasteiger partial charge is 0.356 e. The van der Waals surface area contributed by atoms with E-state index in [4.69, 9.17) is 10.2 Å². The molecular weight excluding hydrogens is 226 g/mol.